The molecule has 0 saturated heterocycles. The minimum Gasteiger partial charge on any atom is -0.326 e. The van der Waals surface area contributed by atoms with E-state index in [-0.39, 0.29) is 18.1 Å². The second kappa shape index (κ2) is 6.64. The zero-order valence-corrected chi connectivity index (χ0v) is 15.3. The molecule has 0 fully saturated rings. The average Bonchev–Trinajstić information content (AvgIpc) is 2.99. The van der Waals surface area contributed by atoms with Crippen LogP contribution in [0, 0.1) is 27.7 Å². The van der Waals surface area contributed by atoms with Crippen molar-refractivity contribution in [2.45, 2.75) is 40.3 Å². The molecule has 1 amide bonds. The van der Waals surface area contributed by atoms with Crippen LogP contribution in [0.4, 0.5) is 18.9 Å². The van der Waals surface area contributed by atoms with Crippen LogP contribution in [-0.4, -0.2) is 25.5 Å². The van der Waals surface area contributed by atoms with Gasteiger partial charge in [-0.05, 0) is 44.9 Å². The molecule has 1 aromatic carbocycles. The van der Waals surface area contributed by atoms with Crippen LogP contribution in [0.15, 0.2) is 18.2 Å². The Hall–Kier alpha value is -2.97. The molecule has 0 aliphatic heterocycles. The number of halogens is 3. The number of hydrogen-bond donors (Lipinski definition) is 1. The number of fused-ring (bicyclic) bond motifs is 1. The second-order valence-electron chi connectivity index (χ2n) is 6.45. The lowest BCUT2D eigenvalue weighted by molar-refractivity contribution is -0.144. The Labute approximate surface area is 153 Å². The third-order valence-electron chi connectivity index (χ3n) is 4.31. The molecule has 0 saturated carbocycles. The van der Waals surface area contributed by atoms with E-state index in [1.54, 1.807) is 13.8 Å². The van der Waals surface area contributed by atoms with E-state index in [1.807, 2.05) is 32.0 Å². The van der Waals surface area contributed by atoms with Gasteiger partial charge < -0.3 is 5.32 Å². The molecule has 0 aliphatic rings. The summed E-state index contributed by atoms with van der Waals surface area (Å²) in [7, 11) is 0. The van der Waals surface area contributed by atoms with Gasteiger partial charge >= 0.3 is 6.18 Å². The third-order valence-corrected chi connectivity index (χ3v) is 4.31. The first-order valence-corrected chi connectivity index (χ1v) is 8.23. The molecule has 0 unspecified atom stereocenters. The smallest absolute Gasteiger partial charge is 0.326 e. The molecular weight excluding hydrogens is 359 g/mol. The lowest BCUT2D eigenvalue weighted by Gasteiger charge is -2.12. The van der Waals surface area contributed by atoms with Gasteiger partial charge in [0.2, 0.25) is 5.91 Å². The Morgan fingerprint density at radius 3 is 2.52 bits per heavy atom. The van der Waals surface area contributed by atoms with Crippen molar-refractivity contribution < 1.29 is 18.0 Å². The van der Waals surface area contributed by atoms with Crippen LogP contribution in [-0.2, 0) is 17.4 Å². The van der Waals surface area contributed by atoms with E-state index < -0.39 is 12.0 Å². The van der Waals surface area contributed by atoms with Gasteiger partial charge in [-0.2, -0.15) is 18.2 Å². The number of carbonyl (C=O) groups excluding carboxylic acids is 1. The predicted molar refractivity (Wildman–Crippen MR) is 93.5 cm³/mol. The molecular formula is C18H18F3N5O. The maximum atomic E-state index is 12.9. The van der Waals surface area contributed by atoms with Crippen LogP contribution in [0.1, 0.15) is 33.9 Å². The van der Waals surface area contributed by atoms with Gasteiger partial charge in [0.25, 0.3) is 11.6 Å². The summed E-state index contributed by atoms with van der Waals surface area (Å²) in [6.45, 7) is 7.03. The average molecular weight is 377 g/mol. The van der Waals surface area contributed by atoms with Gasteiger partial charge in [-0.1, -0.05) is 12.1 Å². The number of hydrogen-bond acceptors (Lipinski definition) is 4. The molecule has 2 aromatic heterocycles. The molecule has 6 nitrogen and oxygen atoms in total. The summed E-state index contributed by atoms with van der Waals surface area (Å²) >= 11 is 0. The monoisotopic (exact) mass is 377 g/mol. The van der Waals surface area contributed by atoms with Crippen molar-refractivity contribution in [1.29, 1.82) is 0 Å². The summed E-state index contributed by atoms with van der Waals surface area (Å²) in [5.41, 5.74) is 3.98. The van der Waals surface area contributed by atoms with E-state index >= 15 is 0 Å². The zero-order chi connectivity index (χ0) is 19.9. The molecule has 0 spiro atoms. The minimum absolute atomic E-state index is 0.0325. The number of rotatable bonds is 3. The summed E-state index contributed by atoms with van der Waals surface area (Å²) < 4.78 is 39.6. The molecule has 1 N–H and O–H groups in total. The normalized spacial score (nSPS) is 11.8. The van der Waals surface area contributed by atoms with Gasteiger partial charge in [-0.3, -0.25) is 4.79 Å². The Morgan fingerprint density at radius 1 is 1.15 bits per heavy atom. The SMILES string of the molecule is Cc1ccc(C)c(NC(=O)Cc2c(C)nc3nc(C(F)(F)F)nn3c2C)c1. The largest absolute Gasteiger partial charge is 0.453 e. The number of benzene rings is 1. The van der Waals surface area contributed by atoms with Gasteiger partial charge in [-0.15, -0.1) is 5.10 Å². The van der Waals surface area contributed by atoms with E-state index in [1.165, 1.54) is 0 Å². The van der Waals surface area contributed by atoms with E-state index in [2.05, 4.69) is 20.4 Å². The fourth-order valence-electron chi connectivity index (χ4n) is 2.81. The summed E-state index contributed by atoms with van der Waals surface area (Å²) in [5, 5.41) is 6.33. The molecule has 27 heavy (non-hydrogen) atoms. The number of anilines is 1. The molecule has 3 aromatic rings. The zero-order valence-electron chi connectivity index (χ0n) is 15.3. The highest BCUT2D eigenvalue weighted by Gasteiger charge is 2.37. The Kier molecular flexibility index (Phi) is 4.63. The van der Waals surface area contributed by atoms with Crippen molar-refractivity contribution in [3.05, 3.63) is 52.1 Å². The van der Waals surface area contributed by atoms with E-state index in [9.17, 15) is 18.0 Å². The number of aromatic nitrogens is 4. The second-order valence-corrected chi connectivity index (χ2v) is 6.45. The summed E-state index contributed by atoms with van der Waals surface area (Å²) in [6, 6.07) is 5.71. The van der Waals surface area contributed by atoms with Crippen molar-refractivity contribution in [1.82, 2.24) is 19.6 Å². The Balaban J connectivity index is 1.92. The fraction of sp³-hybridized carbons (Fsp3) is 0.333. The Morgan fingerprint density at radius 2 is 1.85 bits per heavy atom. The summed E-state index contributed by atoms with van der Waals surface area (Å²) in [6.07, 6.45) is -4.69. The van der Waals surface area contributed by atoms with E-state index in [0.717, 1.165) is 15.6 Å². The van der Waals surface area contributed by atoms with Gasteiger partial charge in [-0.25, -0.2) is 9.50 Å². The molecule has 0 aliphatic carbocycles. The summed E-state index contributed by atoms with van der Waals surface area (Å²) in [5.74, 6) is -1.68. The number of amides is 1. The molecule has 9 heteroatoms. The molecule has 0 bridgehead atoms. The molecule has 0 radical (unpaired) electrons. The third kappa shape index (κ3) is 3.76. The van der Waals surface area contributed by atoms with Crippen molar-refractivity contribution in [2.75, 3.05) is 5.32 Å². The number of nitrogens with zero attached hydrogens (tertiary/aromatic N) is 4. The molecule has 3 rings (SSSR count). The number of alkyl halides is 3. The van der Waals surface area contributed by atoms with E-state index in [0.29, 0.717) is 22.6 Å². The van der Waals surface area contributed by atoms with Crippen molar-refractivity contribution in [2.24, 2.45) is 0 Å². The molecule has 0 atom stereocenters. The number of nitrogens with one attached hydrogen (secondary N) is 1. The molecule has 142 valence electrons. The van der Waals surface area contributed by atoms with Crippen LogP contribution in [0.5, 0.6) is 0 Å². The lowest BCUT2D eigenvalue weighted by Crippen LogP contribution is -2.18. The van der Waals surface area contributed by atoms with Crippen LogP contribution in [0.25, 0.3) is 5.78 Å². The maximum Gasteiger partial charge on any atom is 0.453 e. The minimum atomic E-state index is -4.66. The van der Waals surface area contributed by atoms with E-state index in [4.69, 9.17) is 0 Å². The van der Waals surface area contributed by atoms with Crippen molar-refractivity contribution >= 4 is 17.4 Å². The van der Waals surface area contributed by atoms with Gasteiger partial charge in [0.05, 0.1) is 6.42 Å². The van der Waals surface area contributed by atoms with Gasteiger partial charge in [0.15, 0.2) is 0 Å². The number of aryl methyl sites for hydroxylation is 4. The van der Waals surface area contributed by atoms with Crippen LogP contribution in [0.2, 0.25) is 0 Å². The maximum absolute atomic E-state index is 12.9. The first-order chi connectivity index (χ1) is 12.6. The molecule has 2 heterocycles. The summed E-state index contributed by atoms with van der Waals surface area (Å²) in [4.78, 5) is 20.0. The Bertz CT molecular complexity index is 1040. The lowest BCUT2D eigenvalue weighted by atomic mass is 10.1. The fourth-order valence-corrected chi connectivity index (χ4v) is 2.81. The van der Waals surface area contributed by atoms with Gasteiger partial charge in [0, 0.05) is 22.6 Å². The first-order valence-electron chi connectivity index (χ1n) is 8.23. The van der Waals surface area contributed by atoms with Crippen LogP contribution in [0.3, 0.4) is 0 Å². The van der Waals surface area contributed by atoms with Crippen molar-refractivity contribution in [3.8, 4) is 0 Å². The van der Waals surface area contributed by atoms with Gasteiger partial charge in [0.1, 0.15) is 0 Å². The standard InChI is InChI=1S/C18H18F3N5O/c1-9-5-6-10(2)14(7-9)23-15(27)8-13-11(3)22-17-24-16(18(19,20)21)25-26(17)12(13)4/h5-7H,8H2,1-4H3,(H,23,27). The highest BCUT2D eigenvalue weighted by molar-refractivity contribution is 5.93. The number of carbonyl (C=O) groups is 1. The highest BCUT2D eigenvalue weighted by atomic mass is 19.4. The predicted octanol–water partition coefficient (Wildman–Crippen LogP) is 3.56. The topological polar surface area (TPSA) is 72.2 Å². The van der Waals surface area contributed by atoms with Crippen molar-refractivity contribution in [3.63, 3.8) is 0 Å². The quantitative estimate of drug-likeness (QED) is 0.758. The van der Waals surface area contributed by atoms with Crippen LogP contribution >= 0.6 is 0 Å². The first kappa shape index (κ1) is 18.8. The van der Waals surface area contributed by atoms with Crippen LogP contribution < -0.4 is 5.32 Å². The highest BCUT2D eigenvalue weighted by Crippen LogP contribution is 2.27.